The Morgan fingerprint density at radius 3 is 2.76 bits per heavy atom. The first-order chi connectivity index (χ1) is 10.2. The fourth-order valence-corrected chi connectivity index (χ4v) is 3.14. The lowest BCUT2D eigenvalue weighted by Crippen LogP contribution is -2.24. The smallest absolute Gasteiger partial charge is 0.260 e. The summed E-state index contributed by atoms with van der Waals surface area (Å²) >= 11 is 6.37. The zero-order chi connectivity index (χ0) is 14.6. The van der Waals surface area contributed by atoms with Gasteiger partial charge in [-0.3, -0.25) is 9.78 Å². The number of carbonyl (C=O) groups is 1. The van der Waals surface area contributed by atoms with E-state index in [1.54, 1.807) is 17.3 Å². The highest BCUT2D eigenvalue weighted by molar-refractivity contribution is 6.35. The van der Waals surface area contributed by atoms with Crippen LogP contribution in [0.25, 0.3) is 16.8 Å². The fourth-order valence-electron chi connectivity index (χ4n) is 2.84. The van der Waals surface area contributed by atoms with E-state index >= 15 is 0 Å². The van der Waals surface area contributed by atoms with E-state index in [0.29, 0.717) is 16.6 Å². The van der Waals surface area contributed by atoms with Crippen LogP contribution in [0.1, 0.15) is 28.8 Å². The molecule has 0 bridgehead atoms. The number of hydrogen-bond donors (Lipinski definition) is 0. The number of benzene rings is 1. The normalized spacial score (nSPS) is 17.3. The molecular weight excluding hydrogens is 284 g/mol. The minimum absolute atomic E-state index is 0.0137. The maximum absolute atomic E-state index is 12.5. The number of fused-ring (bicyclic) bond motifs is 1. The van der Waals surface area contributed by atoms with Crippen molar-refractivity contribution in [3.63, 3.8) is 0 Å². The van der Waals surface area contributed by atoms with E-state index in [0.717, 1.165) is 35.2 Å². The molecule has 4 heteroatoms. The summed E-state index contributed by atoms with van der Waals surface area (Å²) in [5, 5.41) is 0.487. The standard InChI is InChI=1S/C17H13ClN2O/c1-10-14-7-12(11-3-2-6-19-9-11)8-15(18)16(14)17(21)20(10)13-4-5-13/h2-3,6-9,13H,1,4-5H2. The molecule has 0 spiro atoms. The molecule has 0 saturated heterocycles. The SMILES string of the molecule is C=C1c2cc(-c3cccnc3)cc(Cl)c2C(=O)N1C1CC1. The quantitative estimate of drug-likeness (QED) is 0.839. The van der Waals surface area contributed by atoms with Crippen LogP contribution in [0.4, 0.5) is 0 Å². The van der Waals surface area contributed by atoms with Gasteiger partial charge in [0, 0.05) is 35.3 Å². The number of pyridine rings is 1. The number of halogens is 1. The van der Waals surface area contributed by atoms with Gasteiger partial charge in [-0.1, -0.05) is 24.2 Å². The highest BCUT2D eigenvalue weighted by Crippen LogP contribution is 2.44. The van der Waals surface area contributed by atoms with Crippen molar-refractivity contribution in [1.82, 2.24) is 9.88 Å². The summed E-state index contributed by atoms with van der Waals surface area (Å²) in [6.07, 6.45) is 5.61. The average Bonchev–Trinajstić information content (AvgIpc) is 3.28. The summed E-state index contributed by atoms with van der Waals surface area (Å²) in [7, 11) is 0. The van der Waals surface area contributed by atoms with Crippen LogP contribution in [0.5, 0.6) is 0 Å². The van der Waals surface area contributed by atoms with E-state index in [2.05, 4.69) is 11.6 Å². The van der Waals surface area contributed by atoms with Crippen LogP contribution in [0.2, 0.25) is 5.02 Å². The molecule has 1 saturated carbocycles. The van der Waals surface area contributed by atoms with E-state index in [1.807, 2.05) is 24.3 Å². The number of amides is 1. The molecule has 1 amide bonds. The van der Waals surface area contributed by atoms with Gasteiger partial charge in [-0.2, -0.15) is 0 Å². The van der Waals surface area contributed by atoms with Gasteiger partial charge in [0.15, 0.2) is 0 Å². The van der Waals surface area contributed by atoms with Gasteiger partial charge in [0.1, 0.15) is 0 Å². The molecule has 0 unspecified atom stereocenters. The Balaban J connectivity index is 1.86. The first-order valence-corrected chi connectivity index (χ1v) is 7.31. The third kappa shape index (κ3) is 1.88. The molecule has 2 heterocycles. The lowest BCUT2D eigenvalue weighted by Gasteiger charge is -2.15. The van der Waals surface area contributed by atoms with Gasteiger partial charge < -0.3 is 4.90 Å². The molecule has 0 N–H and O–H groups in total. The zero-order valence-corrected chi connectivity index (χ0v) is 12.1. The lowest BCUT2D eigenvalue weighted by atomic mass is 10.0. The van der Waals surface area contributed by atoms with Gasteiger partial charge in [-0.25, -0.2) is 0 Å². The van der Waals surface area contributed by atoms with Gasteiger partial charge >= 0.3 is 0 Å². The van der Waals surface area contributed by atoms with Crippen molar-refractivity contribution in [2.45, 2.75) is 18.9 Å². The second-order valence-corrected chi connectivity index (χ2v) is 5.88. The highest BCUT2D eigenvalue weighted by atomic mass is 35.5. The maximum atomic E-state index is 12.5. The van der Waals surface area contributed by atoms with Crippen LogP contribution in [-0.2, 0) is 0 Å². The van der Waals surface area contributed by atoms with E-state index < -0.39 is 0 Å². The maximum Gasteiger partial charge on any atom is 0.260 e. The molecule has 2 aliphatic rings. The molecule has 21 heavy (non-hydrogen) atoms. The van der Waals surface area contributed by atoms with Crippen LogP contribution >= 0.6 is 11.6 Å². The molecule has 104 valence electrons. The first kappa shape index (κ1) is 12.6. The molecule has 1 aromatic carbocycles. The molecule has 1 aliphatic carbocycles. The second kappa shape index (κ2) is 4.43. The average molecular weight is 297 g/mol. The first-order valence-electron chi connectivity index (χ1n) is 6.93. The van der Waals surface area contributed by atoms with Gasteiger partial charge in [0.25, 0.3) is 5.91 Å². The number of nitrogens with zero attached hydrogens (tertiary/aromatic N) is 2. The third-order valence-electron chi connectivity index (χ3n) is 4.03. The minimum atomic E-state index is -0.0137. The van der Waals surface area contributed by atoms with Crippen LogP contribution in [0.15, 0.2) is 43.2 Å². The molecule has 1 aliphatic heterocycles. The van der Waals surface area contributed by atoms with Gasteiger partial charge in [0.05, 0.1) is 10.6 Å². The lowest BCUT2D eigenvalue weighted by molar-refractivity contribution is 0.0843. The summed E-state index contributed by atoms with van der Waals surface area (Å²) < 4.78 is 0. The largest absolute Gasteiger partial charge is 0.305 e. The predicted octanol–water partition coefficient (Wildman–Crippen LogP) is 3.99. The van der Waals surface area contributed by atoms with E-state index in [9.17, 15) is 4.79 Å². The Hall–Kier alpha value is -2.13. The number of aromatic nitrogens is 1. The predicted molar refractivity (Wildman–Crippen MR) is 82.9 cm³/mol. The second-order valence-electron chi connectivity index (χ2n) is 5.48. The minimum Gasteiger partial charge on any atom is -0.305 e. The van der Waals surface area contributed by atoms with Crippen molar-refractivity contribution in [2.75, 3.05) is 0 Å². The number of hydrogen-bond acceptors (Lipinski definition) is 2. The summed E-state index contributed by atoms with van der Waals surface area (Å²) in [6.45, 7) is 4.10. The van der Waals surface area contributed by atoms with Gasteiger partial charge in [0.2, 0.25) is 0 Å². The molecule has 3 nitrogen and oxygen atoms in total. The number of rotatable bonds is 2. The van der Waals surface area contributed by atoms with E-state index in [4.69, 9.17) is 11.6 Å². The molecular formula is C17H13ClN2O. The van der Waals surface area contributed by atoms with Crippen LogP contribution < -0.4 is 0 Å². The molecule has 2 aromatic rings. The Labute approximate surface area is 127 Å². The molecule has 1 aromatic heterocycles. The van der Waals surface area contributed by atoms with Crippen molar-refractivity contribution < 1.29 is 4.79 Å². The Morgan fingerprint density at radius 1 is 1.29 bits per heavy atom. The van der Waals surface area contributed by atoms with E-state index in [1.165, 1.54) is 0 Å². The topological polar surface area (TPSA) is 33.2 Å². The monoisotopic (exact) mass is 296 g/mol. The van der Waals surface area contributed by atoms with Gasteiger partial charge in [-0.15, -0.1) is 0 Å². The molecule has 1 fully saturated rings. The summed E-state index contributed by atoms with van der Waals surface area (Å²) in [6, 6.07) is 7.98. The van der Waals surface area contributed by atoms with Crippen molar-refractivity contribution in [3.8, 4) is 11.1 Å². The number of carbonyl (C=O) groups excluding carboxylic acids is 1. The van der Waals surface area contributed by atoms with E-state index in [-0.39, 0.29) is 5.91 Å². The molecule has 0 radical (unpaired) electrons. The highest BCUT2D eigenvalue weighted by Gasteiger charge is 2.42. The van der Waals surface area contributed by atoms with Crippen molar-refractivity contribution in [1.29, 1.82) is 0 Å². The fraction of sp³-hybridized carbons (Fsp3) is 0.176. The summed E-state index contributed by atoms with van der Waals surface area (Å²) in [5.41, 5.74) is 4.13. The Morgan fingerprint density at radius 2 is 2.10 bits per heavy atom. The van der Waals surface area contributed by atoms with Gasteiger partial charge in [-0.05, 0) is 36.6 Å². The van der Waals surface area contributed by atoms with Crippen molar-refractivity contribution >= 4 is 23.2 Å². The van der Waals surface area contributed by atoms with Crippen LogP contribution in [0, 0.1) is 0 Å². The summed E-state index contributed by atoms with van der Waals surface area (Å²) in [5.74, 6) is -0.0137. The summed E-state index contributed by atoms with van der Waals surface area (Å²) in [4.78, 5) is 18.4. The molecule has 0 atom stereocenters. The van der Waals surface area contributed by atoms with Crippen LogP contribution in [-0.4, -0.2) is 21.8 Å². The van der Waals surface area contributed by atoms with Crippen molar-refractivity contribution in [2.24, 2.45) is 0 Å². The van der Waals surface area contributed by atoms with Crippen LogP contribution in [0.3, 0.4) is 0 Å². The zero-order valence-electron chi connectivity index (χ0n) is 11.3. The van der Waals surface area contributed by atoms with Crippen molar-refractivity contribution in [3.05, 3.63) is 59.4 Å². The Kier molecular flexibility index (Phi) is 2.66. The Bertz CT molecular complexity index is 766. The molecule has 4 rings (SSSR count). The third-order valence-corrected chi connectivity index (χ3v) is 4.33.